The van der Waals surface area contributed by atoms with E-state index >= 15 is 0 Å². The van der Waals surface area contributed by atoms with E-state index in [0.717, 1.165) is 6.42 Å². The lowest BCUT2D eigenvalue weighted by Crippen LogP contribution is -2.26. The predicted octanol–water partition coefficient (Wildman–Crippen LogP) is 3.22. The van der Waals surface area contributed by atoms with E-state index in [1.54, 1.807) is 19.2 Å². The molecule has 0 aromatic heterocycles. The van der Waals surface area contributed by atoms with Crippen molar-refractivity contribution in [3.05, 3.63) is 65.2 Å². The first-order valence-electron chi connectivity index (χ1n) is 6.73. The highest BCUT2D eigenvalue weighted by atomic mass is 16.4. The largest absolute Gasteiger partial charge is 0.478 e. The molecule has 0 radical (unpaired) electrons. The summed E-state index contributed by atoms with van der Waals surface area (Å²) in [4.78, 5) is 24.7. The highest BCUT2D eigenvalue weighted by molar-refractivity contribution is 6.05. The second-order valence-electron chi connectivity index (χ2n) is 4.77. The number of carboxylic acids is 1. The van der Waals surface area contributed by atoms with Gasteiger partial charge in [0.1, 0.15) is 0 Å². The van der Waals surface area contributed by atoms with Gasteiger partial charge in [-0.25, -0.2) is 4.79 Å². The van der Waals surface area contributed by atoms with Crippen molar-refractivity contribution in [2.45, 2.75) is 13.3 Å². The Bertz CT molecular complexity index is 645. The van der Waals surface area contributed by atoms with Gasteiger partial charge in [0, 0.05) is 18.3 Å². The molecule has 0 bridgehead atoms. The fourth-order valence-electron chi connectivity index (χ4n) is 2.02. The zero-order valence-corrected chi connectivity index (χ0v) is 12.0. The van der Waals surface area contributed by atoms with Crippen molar-refractivity contribution in [1.82, 2.24) is 0 Å². The van der Waals surface area contributed by atoms with Crippen LogP contribution in [0.5, 0.6) is 0 Å². The maximum Gasteiger partial charge on any atom is 0.335 e. The zero-order chi connectivity index (χ0) is 15.4. The normalized spacial score (nSPS) is 10.2. The van der Waals surface area contributed by atoms with Gasteiger partial charge in [-0.2, -0.15) is 0 Å². The van der Waals surface area contributed by atoms with E-state index in [9.17, 15) is 9.59 Å². The minimum Gasteiger partial charge on any atom is -0.478 e. The first-order chi connectivity index (χ1) is 10.0. The maximum atomic E-state index is 12.4. The number of rotatable bonds is 4. The highest BCUT2D eigenvalue weighted by Crippen LogP contribution is 2.17. The summed E-state index contributed by atoms with van der Waals surface area (Å²) >= 11 is 0. The third-order valence-electron chi connectivity index (χ3n) is 3.42. The van der Waals surface area contributed by atoms with Crippen LogP contribution in [-0.2, 0) is 6.42 Å². The molecule has 21 heavy (non-hydrogen) atoms. The number of nitrogens with zero attached hydrogens (tertiary/aromatic N) is 1. The van der Waals surface area contributed by atoms with Gasteiger partial charge < -0.3 is 10.0 Å². The SMILES string of the molecule is CCc1ccc(C(=O)N(C)c2ccc(C(=O)O)cc2)cc1. The molecule has 0 heterocycles. The molecule has 108 valence electrons. The second-order valence-corrected chi connectivity index (χ2v) is 4.77. The molecule has 0 unspecified atom stereocenters. The van der Waals surface area contributed by atoms with E-state index in [-0.39, 0.29) is 11.5 Å². The average molecular weight is 283 g/mol. The quantitative estimate of drug-likeness (QED) is 0.937. The summed E-state index contributed by atoms with van der Waals surface area (Å²) in [6.45, 7) is 2.06. The summed E-state index contributed by atoms with van der Waals surface area (Å²) in [7, 11) is 1.67. The molecule has 0 spiro atoms. The molecule has 2 rings (SSSR count). The van der Waals surface area contributed by atoms with E-state index in [1.165, 1.54) is 22.6 Å². The van der Waals surface area contributed by atoms with Crippen LogP contribution < -0.4 is 4.90 Å². The van der Waals surface area contributed by atoms with Crippen LogP contribution in [0, 0.1) is 0 Å². The molecule has 0 aliphatic carbocycles. The molecular weight excluding hydrogens is 266 g/mol. The van der Waals surface area contributed by atoms with Gasteiger partial charge in [-0.15, -0.1) is 0 Å². The Morgan fingerprint density at radius 2 is 1.48 bits per heavy atom. The van der Waals surface area contributed by atoms with E-state index < -0.39 is 5.97 Å². The lowest BCUT2D eigenvalue weighted by Gasteiger charge is -2.17. The number of carboxylic acid groups (broad SMARTS) is 1. The Hall–Kier alpha value is -2.62. The Balaban J connectivity index is 2.19. The fraction of sp³-hybridized carbons (Fsp3) is 0.176. The molecular formula is C17H17NO3. The Morgan fingerprint density at radius 3 is 1.95 bits per heavy atom. The van der Waals surface area contributed by atoms with E-state index in [0.29, 0.717) is 11.3 Å². The first kappa shape index (κ1) is 14.8. The van der Waals surface area contributed by atoms with Crippen molar-refractivity contribution in [3.63, 3.8) is 0 Å². The summed E-state index contributed by atoms with van der Waals surface area (Å²) in [5, 5.41) is 8.87. The van der Waals surface area contributed by atoms with Gasteiger partial charge in [-0.05, 0) is 48.4 Å². The van der Waals surface area contributed by atoms with Gasteiger partial charge in [0.15, 0.2) is 0 Å². The molecule has 0 aliphatic rings. The molecule has 0 atom stereocenters. The standard InChI is InChI=1S/C17H17NO3/c1-3-12-4-6-13(7-5-12)16(19)18(2)15-10-8-14(9-11-15)17(20)21/h4-11H,3H2,1-2H3,(H,20,21). The number of hydrogen-bond donors (Lipinski definition) is 1. The lowest BCUT2D eigenvalue weighted by atomic mass is 10.1. The third kappa shape index (κ3) is 3.28. The molecule has 0 saturated carbocycles. The van der Waals surface area contributed by atoms with E-state index in [4.69, 9.17) is 5.11 Å². The number of aryl methyl sites for hydroxylation is 1. The molecule has 4 heteroatoms. The maximum absolute atomic E-state index is 12.4. The molecule has 0 fully saturated rings. The van der Waals surface area contributed by atoms with Gasteiger partial charge in [0.05, 0.1) is 5.56 Å². The van der Waals surface area contributed by atoms with Crippen molar-refractivity contribution in [1.29, 1.82) is 0 Å². The number of aromatic carboxylic acids is 1. The molecule has 0 aliphatic heterocycles. The van der Waals surface area contributed by atoms with Crippen LogP contribution in [0.2, 0.25) is 0 Å². The molecule has 1 amide bonds. The topological polar surface area (TPSA) is 57.6 Å². The van der Waals surface area contributed by atoms with Crippen LogP contribution in [0.4, 0.5) is 5.69 Å². The Morgan fingerprint density at radius 1 is 0.952 bits per heavy atom. The number of carbonyl (C=O) groups excluding carboxylic acids is 1. The summed E-state index contributed by atoms with van der Waals surface area (Å²) in [5.74, 6) is -1.11. The predicted molar refractivity (Wildman–Crippen MR) is 82.0 cm³/mol. The van der Waals surface area contributed by atoms with E-state index in [1.807, 2.05) is 24.3 Å². The van der Waals surface area contributed by atoms with Gasteiger partial charge >= 0.3 is 5.97 Å². The van der Waals surface area contributed by atoms with E-state index in [2.05, 4.69) is 6.92 Å². The minimum atomic E-state index is -0.981. The highest BCUT2D eigenvalue weighted by Gasteiger charge is 2.13. The molecule has 1 N–H and O–H groups in total. The third-order valence-corrected chi connectivity index (χ3v) is 3.42. The lowest BCUT2D eigenvalue weighted by molar-refractivity contribution is 0.0696. The van der Waals surface area contributed by atoms with Gasteiger partial charge in [-0.1, -0.05) is 19.1 Å². The van der Waals surface area contributed by atoms with Gasteiger partial charge in [0.25, 0.3) is 5.91 Å². The number of amides is 1. The second kappa shape index (κ2) is 6.22. The summed E-state index contributed by atoms with van der Waals surface area (Å²) in [6, 6.07) is 13.7. The Kier molecular flexibility index (Phi) is 4.38. The number of carbonyl (C=O) groups is 2. The number of anilines is 1. The van der Waals surface area contributed by atoms with Crippen LogP contribution >= 0.6 is 0 Å². The van der Waals surface area contributed by atoms with Crippen molar-refractivity contribution in [2.24, 2.45) is 0 Å². The fourth-order valence-corrected chi connectivity index (χ4v) is 2.02. The van der Waals surface area contributed by atoms with Crippen molar-refractivity contribution in [3.8, 4) is 0 Å². The minimum absolute atomic E-state index is 0.124. The van der Waals surface area contributed by atoms with Crippen molar-refractivity contribution < 1.29 is 14.7 Å². The van der Waals surface area contributed by atoms with Crippen LogP contribution in [-0.4, -0.2) is 24.0 Å². The monoisotopic (exact) mass is 283 g/mol. The molecule has 0 saturated heterocycles. The molecule has 2 aromatic rings. The van der Waals surface area contributed by atoms with Crippen molar-refractivity contribution >= 4 is 17.6 Å². The number of hydrogen-bond acceptors (Lipinski definition) is 2. The van der Waals surface area contributed by atoms with Crippen LogP contribution in [0.1, 0.15) is 33.2 Å². The first-order valence-corrected chi connectivity index (χ1v) is 6.73. The average Bonchev–Trinajstić information content (AvgIpc) is 2.53. The Labute approximate surface area is 123 Å². The van der Waals surface area contributed by atoms with Crippen LogP contribution in [0.25, 0.3) is 0 Å². The van der Waals surface area contributed by atoms with Crippen LogP contribution in [0.15, 0.2) is 48.5 Å². The molecule has 2 aromatic carbocycles. The van der Waals surface area contributed by atoms with Crippen LogP contribution in [0.3, 0.4) is 0 Å². The van der Waals surface area contributed by atoms with Crippen molar-refractivity contribution in [2.75, 3.05) is 11.9 Å². The summed E-state index contributed by atoms with van der Waals surface area (Å²) in [6.07, 6.45) is 0.932. The van der Waals surface area contributed by atoms with Gasteiger partial charge in [0.2, 0.25) is 0 Å². The summed E-state index contributed by atoms with van der Waals surface area (Å²) in [5.41, 5.74) is 2.65. The smallest absolute Gasteiger partial charge is 0.335 e. The summed E-state index contributed by atoms with van der Waals surface area (Å²) < 4.78 is 0. The zero-order valence-electron chi connectivity index (χ0n) is 12.0. The number of benzene rings is 2. The van der Waals surface area contributed by atoms with Gasteiger partial charge in [-0.3, -0.25) is 4.79 Å². The molecule has 4 nitrogen and oxygen atoms in total.